The summed E-state index contributed by atoms with van der Waals surface area (Å²) in [6, 6.07) is 11.8. The van der Waals surface area contributed by atoms with Crippen molar-refractivity contribution in [3.8, 4) is 5.75 Å². The lowest BCUT2D eigenvalue weighted by molar-refractivity contribution is 0.262. The molecule has 112 valence electrons. The van der Waals surface area contributed by atoms with Gasteiger partial charge in [0.1, 0.15) is 5.75 Å². The molecule has 4 N–H and O–H groups in total. The molecule has 0 aliphatic rings. The van der Waals surface area contributed by atoms with E-state index >= 15 is 0 Å². The Morgan fingerprint density at radius 3 is 2.50 bits per heavy atom. The van der Waals surface area contributed by atoms with Gasteiger partial charge in [-0.25, -0.2) is 9.59 Å². The number of hydrogen-bond donors (Lipinski definition) is 4. The van der Waals surface area contributed by atoms with Crippen LogP contribution in [0, 0.1) is 0 Å². The molecule has 2 amide bonds. The summed E-state index contributed by atoms with van der Waals surface area (Å²) in [6.45, 7) is 0. The lowest BCUT2D eigenvalue weighted by Gasteiger charge is -2.08. The van der Waals surface area contributed by atoms with Crippen LogP contribution in [-0.2, 0) is 0 Å². The number of rotatable bonds is 3. The van der Waals surface area contributed by atoms with Crippen LogP contribution in [0.15, 0.2) is 47.3 Å². The molecule has 2 aromatic carbocycles. The first-order valence-corrected chi connectivity index (χ1v) is 6.58. The zero-order chi connectivity index (χ0) is 15.5. The Balaban J connectivity index is 1.73. The molecule has 7 heteroatoms. The maximum atomic E-state index is 12.0. The highest BCUT2D eigenvalue weighted by Crippen LogP contribution is 2.18. The summed E-state index contributed by atoms with van der Waals surface area (Å²) in [7, 11) is 1.56. The summed E-state index contributed by atoms with van der Waals surface area (Å²) >= 11 is 0. The van der Waals surface area contributed by atoms with Crippen LogP contribution in [0.25, 0.3) is 11.0 Å². The molecular weight excluding hydrogens is 284 g/mol. The first kappa shape index (κ1) is 13.7. The lowest BCUT2D eigenvalue weighted by atomic mass is 10.3. The number of carbonyl (C=O) groups is 1. The molecule has 7 nitrogen and oxygen atoms in total. The first-order valence-electron chi connectivity index (χ1n) is 6.58. The molecule has 0 atom stereocenters. The fourth-order valence-corrected chi connectivity index (χ4v) is 2.10. The van der Waals surface area contributed by atoms with Gasteiger partial charge in [-0.15, -0.1) is 0 Å². The van der Waals surface area contributed by atoms with Crippen molar-refractivity contribution in [2.75, 3.05) is 17.7 Å². The highest BCUT2D eigenvalue weighted by Gasteiger charge is 2.05. The molecule has 1 aromatic heterocycles. The van der Waals surface area contributed by atoms with Crippen molar-refractivity contribution in [3.63, 3.8) is 0 Å². The van der Waals surface area contributed by atoms with Crippen molar-refractivity contribution in [2.45, 2.75) is 0 Å². The number of methoxy groups -OCH3 is 1. The predicted octanol–water partition coefficient (Wildman–Crippen LogP) is 2.51. The molecule has 3 aromatic rings. The van der Waals surface area contributed by atoms with Gasteiger partial charge < -0.3 is 25.3 Å². The number of benzene rings is 2. The molecule has 0 unspecified atom stereocenters. The third kappa shape index (κ3) is 2.93. The highest BCUT2D eigenvalue weighted by molar-refractivity contribution is 6.00. The van der Waals surface area contributed by atoms with Crippen molar-refractivity contribution in [3.05, 3.63) is 52.9 Å². The van der Waals surface area contributed by atoms with E-state index in [2.05, 4.69) is 20.6 Å². The lowest BCUT2D eigenvalue weighted by Crippen LogP contribution is -2.19. The van der Waals surface area contributed by atoms with E-state index in [-0.39, 0.29) is 11.7 Å². The van der Waals surface area contributed by atoms with Gasteiger partial charge in [-0.3, -0.25) is 0 Å². The average molecular weight is 298 g/mol. The summed E-state index contributed by atoms with van der Waals surface area (Å²) in [6.07, 6.45) is 0. The number of carbonyl (C=O) groups excluding carboxylic acids is 1. The maximum Gasteiger partial charge on any atom is 0.323 e. The summed E-state index contributed by atoms with van der Waals surface area (Å²) in [5.41, 5.74) is 2.22. The quantitative estimate of drug-likeness (QED) is 0.598. The first-order chi connectivity index (χ1) is 10.6. The maximum absolute atomic E-state index is 12.0. The van der Waals surface area contributed by atoms with Crippen LogP contribution in [0.1, 0.15) is 0 Å². The second-order valence-corrected chi connectivity index (χ2v) is 4.65. The molecule has 0 aliphatic heterocycles. The number of urea groups is 1. The van der Waals surface area contributed by atoms with Crippen molar-refractivity contribution >= 4 is 28.4 Å². The van der Waals surface area contributed by atoms with E-state index in [0.717, 1.165) is 0 Å². The van der Waals surface area contributed by atoms with E-state index in [0.29, 0.717) is 28.2 Å². The van der Waals surface area contributed by atoms with Crippen LogP contribution in [0.5, 0.6) is 5.75 Å². The van der Waals surface area contributed by atoms with Gasteiger partial charge in [0.2, 0.25) is 0 Å². The minimum Gasteiger partial charge on any atom is -0.497 e. The zero-order valence-electron chi connectivity index (χ0n) is 11.8. The summed E-state index contributed by atoms with van der Waals surface area (Å²) in [4.78, 5) is 28.5. The van der Waals surface area contributed by atoms with Crippen LogP contribution in [-0.4, -0.2) is 23.1 Å². The van der Waals surface area contributed by atoms with Crippen LogP contribution in [0.2, 0.25) is 0 Å². The van der Waals surface area contributed by atoms with Gasteiger partial charge >= 0.3 is 11.7 Å². The molecule has 22 heavy (non-hydrogen) atoms. The fraction of sp³-hybridized carbons (Fsp3) is 0.0667. The Hall–Kier alpha value is -3.22. The third-order valence-electron chi connectivity index (χ3n) is 3.10. The molecule has 0 spiro atoms. The molecule has 0 bridgehead atoms. The van der Waals surface area contributed by atoms with Crippen LogP contribution >= 0.6 is 0 Å². The minimum absolute atomic E-state index is 0.284. The predicted molar refractivity (Wildman–Crippen MR) is 84.6 cm³/mol. The average Bonchev–Trinajstić information content (AvgIpc) is 2.86. The number of fused-ring (bicyclic) bond motifs is 1. The fourth-order valence-electron chi connectivity index (χ4n) is 2.10. The Morgan fingerprint density at radius 1 is 1.00 bits per heavy atom. The standard InChI is InChI=1S/C15H14N4O3/c1-22-11-4-2-3-9(7-11)16-14(20)17-10-5-6-12-13(8-10)19-15(21)18-12/h2-8H,1H3,(H2,16,17,20)(H2,18,19,21). The van der Waals surface area contributed by atoms with Crippen molar-refractivity contribution in [2.24, 2.45) is 0 Å². The van der Waals surface area contributed by atoms with E-state index in [1.54, 1.807) is 49.6 Å². The van der Waals surface area contributed by atoms with Gasteiger partial charge in [0.15, 0.2) is 0 Å². The van der Waals surface area contributed by atoms with Crippen molar-refractivity contribution < 1.29 is 9.53 Å². The van der Waals surface area contributed by atoms with Crippen LogP contribution in [0.4, 0.5) is 16.2 Å². The van der Waals surface area contributed by atoms with Gasteiger partial charge in [0.05, 0.1) is 18.1 Å². The second-order valence-electron chi connectivity index (χ2n) is 4.65. The Labute approximate surface area is 125 Å². The van der Waals surface area contributed by atoms with E-state index in [9.17, 15) is 9.59 Å². The Morgan fingerprint density at radius 2 is 1.73 bits per heavy atom. The third-order valence-corrected chi connectivity index (χ3v) is 3.10. The van der Waals surface area contributed by atoms with Crippen molar-refractivity contribution in [1.29, 1.82) is 0 Å². The minimum atomic E-state index is -0.384. The van der Waals surface area contributed by atoms with Crippen LogP contribution < -0.4 is 21.1 Å². The van der Waals surface area contributed by atoms with Crippen LogP contribution in [0.3, 0.4) is 0 Å². The van der Waals surface area contributed by atoms with Gasteiger partial charge in [-0.1, -0.05) is 6.07 Å². The van der Waals surface area contributed by atoms with E-state index in [1.165, 1.54) is 0 Å². The number of ether oxygens (including phenoxy) is 1. The monoisotopic (exact) mass is 298 g/mol. The molecule has 1 heterocycles. The topological polar surface area (TPSA) is 99.0 Å². The number of nitrogens with one attached hydrogen (secondary N) is 4. The SMILES string of the molecule is COc1cccc(NC(=O)Nc2ccc3[nH]c(=O)[nH]c3c2)c1. The molecule has 0 saturated carbocycles. The number of anilines is 2. The van der Waals surface area contributed by atoms with Gasteiger partial charge in [0.25, 0.3) is 0 Å². The Kier molecular flexibility index (Phi) is 3.53. The summed E-state index contributed by atoms with van der Waals surface area (Å²) in [5, 5.41) is 5.41. The zero-order valence-corrected chi connectivity index (χ0v) is 11.8. The van der Waals surface area contributed by atoms with Gasteiger partial charge in [-0.2, -0.15) is 0 Å². The molecule has 0 fully saturated rings. The number of aromatic amines is 2. The second kappa shape index (κ2) is 5.65. The largest absolute Gasteiger partial charge is 0.497 e. The molecule has 0 saturated heterocycles. The van der Waals surface area contributed by atoms with E-state index in [1.807, 2.05) is 0 Å². The number of aromatic nitrogens is 2. The molecule has 3 rings (SSSR count). The summed E-state index contributed by atoms with van der Waals surface area (Å²) in [5.74, 6) is 0.657. The molecule has 0 radical (unpaired) electrons. The highest BCUT2D eigenvalue weighted by atomic mass is 16.5. The van der Waals surface area contributed by atoms with Gasteiger partial charge in [0, 0.05) is 17.4 Å². The summed E-state index contributed by atoms with van der Waals surface area (Å²) < 4.78 is 5.10. The molecule has 0 aliphatic carbocycles. The number of amides is 2. The van der Waals surface area contributed by atoms with E-state index in [4.69, 9.17) is 4.74 Å². The van der Waals surface area contributed by atoms with Crippen molar-refractivity contribution in [1.82, 2.24) is 9.97 Å². The number of imidazole rings is 1. The van der Waals surface area contributed by atoms with Gasteiger partial charge in [-0.05, 0) is 30.3 Å². The Bertz CT molecular complexity index is 882. The smallest absolute Gasteiger partial charge is 0.323 e. The molecular formula is C15H14N4O3. The van der Waals surface area contributed by atoms with E-state index < -0.39 is 0 Å². The normalized spacial score (nSPS) is 10.4. The number of H-pyrrole nitrogens is 2. The number of hydrogen-bond acceptors (Lipinski definition) is 3.